The van der Waals surface area contributed by atoms with Gasteiger partial charge >= 0.3 is 0 Å². The van der Waals surface area contributed by atoms with Gasteiger partial charge in [-0.1, -0.05) is 23.7 Å². The third-order valence-corrected chi connectivity index (χ3v) is 6.63. The van der Waals surface area contributed by atoms with Gasteiger partial charge in [0.2, 0.25) is 0 Å². The number of hydrogen-bond donors (Lipinski definition) is 3. The Kier molecular flexibility index (Phi) is 7.07. The molecule has 2 unspecified atom stereocenters. The Balaban J connectivity index is 1.28. The first-order chi connectivity index (χ1) is 18.0. The minimum absolute atomic E-state index is 0.128. The standard InChI is InChI=1S/C27H26ClN5O4/c1-29-26(34)27(35)14-17(27)10-12-36-23-7-4-6-21-24(23)25(32-16-31-21)33-18-8-9-22(20(28)13-18)37-15-19-5-2-3-11-30-19/h2-9,11,13,16-17,35H,10,12,14-15H2,1H3,(H,29,34)(H,31,32,33). The first-order valence-corrected chi connectivity index (χ1v) is 12.3. The topological polar surface area (TPSA) is 118 Å². The van der Waals surface area contributed by atoms with Crippen molar-refractivity contribution in [3.63, 3.8) is 0 Å². The van der Waals surface area contributed by atoms with Gasteiger partial charge in [0, 0.05) is 24.8 Å². The molecule has 4 aromatic rings. The number of amides is 1. The molecule has 9 nitrogen and oxygen atoms in total. The molecule has 1 fully saturated rings. The molecule has 1 amide bonds. The van der Waals surface area contributed by atoms with Gasteiger partial charge in [0.1, 0.15) is 35.9 Å². The lowest BCUT2D eigenvalue weighted by Crippen LogP contribution is -2.35. The maximum atomic E-state index is 11.8. The Morgan fingerprint density at radius 3 is 2.78 bits per heavy atom. The number of rotatable bonds is 10. The molecule has 1 aliphatic carbocycles. The van der Waals surface area contributed by atoms with Gasteiger partial charge in [0.25, 0.3) is 5.91 Å². The molecule has 2 atom stereocenters. The molecular weight excluding hydrogens is 494 g/mol. The summed E-state index contributed by atoms with van der Waals surface area (Å²) in [5.41, 5.74) is 0.948. The lowest BCUT2D eigenvalue weighted by Gasteiger charge is -2.14. The van der Waals surface area contributed by atoms with Gasteiger partial charge in [-0.15, -0.1) is 0 Å². The van der Waals surface area contributed by atoms with Crippen LogP contribution >= 0.6 is 11.6 Å². The van der Waals surface area contributed by atoms with Crippen molar-refractivity contribution in [2.45, 2.75) is 25.0 Å². The molecule has 2 aromatic heterocycles. The van der Waals surface area contributed by atoms with E-state index in [2.05, 4.69) is 25.6 Å². The Labute approximate surface area is 218 Å². The van der Waals surface area contributed by atoms with Crippen LogP contribution in [0.25, 0.3) is 10.9 Å². The summed E-state index contributed by atoms with van der Waals surface area (Å²) in [7, 11) is 1.52. The number of aromatic nitrogens is 3. The number of nitrogens with one attached hydrogen (secondary N) is 2. The average molecular weight is 520 g/mol. The van der Waals surface area contributed by atoms with Crippen LogP contribution in [0.1, 0.15) is 18.5 Å². The van der Waals surface area contributed by atoms with E-state index < -0.39 is 5.60 Å². The van der Waals surface area contributed by atoms with E-state index in [1.807, 2.05) is 42.5 Å². The van der Waals surface area contributed by atoms with Crippen LogP contribution < -0.4 is 20.1 Å². The number of nitrogens with zero attached hydrogens (tertiary/aromatic N) is 3. The molecule has 0 aliphatic heterocycles. The first-order valence-electron chi connectivity index (χ1n) is 11.9. The van der Waals surface area contributed by atoms with Crippen LogP contribution in [-0.2, 0) is 11.4 Å². The fraction of sp³-hybridized carbons (Fsp3) is 0.259. The third kappa shape index (κ3) is 5.42. The Morgan fingerprint density at radius 1 is 1.11 bits per heavy atom. The van der Waals surface area contributed by atoms with E-state index in [0.717, 1.165) is 11.4 Å². The summed E-state index contributed by atoms with van der Waals surface area (Å²) in [6.45, 7) is 0.650. The molecule has 0 spiro atoms. The third-order valence-electron chi connectivity index (χ3n) is 6.34. The van der Waals surface area contributed by atoms with Crippen molar-refractivity contribution in [2.24, 2.45) is 5.92 Å². The van der Waals surface area contributed by atoms with E-state index in [9.17, 15) is 9.90 Å². The second kappa shape index (κ2) is 10.6. The van der Waals surface area contributed by atoms with E-state index in [0.29, 0.717) is 59.3 Å². The highest BCUT2D eigenvalue weighted by atomic mass is 35.5. The number of hydrogen-bond acceptors (Lipinski definition) is 8. The molecule has 2 aromatic carbocycles. The van der Waals surface area contributed by atoms with Crippen molar-refractivity contribution in [1.82, 2.24) is 20.3 Å². The number of halogens is 1. The molecule has 37 heavy (non-hydrogen) atoms. The van der Waals surface area contributed by atoms with Crippen LogP contribution in [-0.4, -0.2) is 45.2 Å². The van der Waals surface area contributed by atoms with Gasteiger partial charge in [-0.3, -0.25) is 9.78 Å². The van der Waals surface area contributed by atoms with E-state index in [4.69, 9.17) is 21.1 Å². The van der Waals surface area contributed by atoms with Crippen LogP contribution in [0.2, 0.25) is 5.02 Å². The van der Waals surface area contributed by atoms with Crippen molar-refractivity contribution in [2.75, 3.05) is 19.0 Å². The number of aliphatic hydroxyl groups is 1. The van der Waals surface area contributed by atoms with Crippen molar-refractivity contribution < 1.29 is 19.4 Å². The molecule has 10 heteroatoms. The van der Waals surface area contributed by atoms with Crippen LogP contribution in [0.4, 0.5) is 11.5 Å². The monoisotopic (exact) mass is 519 g/mol. The number of anilines is 2. The largest absolute Gasteiger partial charge is 0.493 e. The van der Waals surface area contributed by atoms with E-state index in [1.54, 1.807) is 18.3 Å². The number of fused-ring (bicyclic) bond motifs is 1. The Morgan fingerprint density at radius 2 is 2.00 bits per heavy atom. The summed E-state index contributed by atoms with van der Waals surface area (Å²) in [4.78, 5) is 24.9. The zero-order valence-electron chi connectivity index (χ0n) is 20.1. The molecule has 0 radical (unpaired) electrons. The van der Waals surface area contributed by atoms with Gasteiger partial charge in [0.05, 0.1) is 28.2 Å². The highest BCUT2D eigenvalue weighted by Crippen LogP contribution is 2.46. The van der Waals surface area contributed by atoms with Crippen molar-refractivity contribution in [3.8, 4) is 11.5 Å². The lowest BCUT2D eigenvalue weighted by atomic mass is 10.2. The maximum Gasteiger partial charge on any atom is 0.252 e. The molecule has 5 rings (SSSR count). The van der Waals surface area contributed by atoms with E-state index in [-0.39, 0.29) is 11.8 Å². The molecule has 1 saturated carbocycles. The number of ether oxygens (including phenoxy) is 2. The van der Waals surface area contributed by atoms with Crippen LogP contribution in [0.3, 0.4) is 0 Å². The summed E-state index contributed by atoms with van der Waals surface area (Å²) >= 11 is 6.48. The highest BCUT2D eigenvalue weighted by Gasteiger charge is 2.58. The van der Waals surface area contributed by atoms with Crippen LogP contribution in [0.5, 0.6) is 11.5 Å². The lowest BCUT2D eigenvalue weighted by molar-refractivity contribution is -0.131. The summed E-state index contributed by atoms with van der Waals surface area (Å²) in [6.07, 6.45) is 4.18. The summed E-state index contributed by atoms with van der Waals surface area (Å²) in [5.74, 6) is 1.23. The smallest absolute Gasteiger partial charge is 0.252 e. The predicted molar refractivity (Wildman–Crippen MR) is 140 cm³/mol. The number of carbonyl (C=O) groups excluding carboxylic acids is 1. The molecule has 0 saturated heterocycles. The van der Waals surface area contributed by atoms with E-state index in [1.165, 1.54) is 13.4 Å². The van der Waals surface area contributed by atoms with Gasteiger partial charge < -0.3 is 25.2 Å². The summed E-state index contributed by atoms with van der Waals surface area (Å²) in [6, 6.07) is 16.6. The van der Waals surface area contributed by atoms with Gasteiger partial charge in [0.15, 0.2) is 0 Å². The minimum Gasteiger partial charge on any atom is -0.493 e. The average Bonchev–Trinajstić information content (AvgIpc) is 3.59. The van der Waals surface area contributed by atoms with Crippen molar-refractivity contribution >= 4 is 39.9 Å². The quantitative estimate of drug-likeness (QED) is 0.284. The van der Waals surface area contributed by atoms with Gasteiger partial charge in [-0.05, 0) is 55.3 Å². The Bertz CT molecular complexity index is 1420. The van der Waals surface area contributed by atoms with Crippen LogP contribution in [0, 0.1) is 5.92 Å². The predicted octanol–water partition coefficient (Wildman–Crippen LogP) is 4.27. The van der Waals surface area contributed by atoms with Crippen molar-refractivity contribution in [1.29, 1.82) is 0 Å². The molecule has 1 aliphatic rings. The first kappa shape index (κ1) is 24.7. The molecule has 2 heterocycles. The number of pyridine rings is 1. The zero-order valence-corrected chi connectivity index (χ0v) is 20.9. The molecular formula is C27H26ClN5O4. The molecule has 190 valence electrons. The van der Waals surface area contributed by atoms with Crippen molar-refractivity contribution in [3.05, 3.63) is 77.8 Å². The fourth-order valence-corrected chi connectivity index (χ4v) is 4.46. The normalized spacial score (nSPS) is 18.3. The second-order valence-electron chi connectivity index (χ2n) is 8.79. The number of carbonyl (C=O) groups is 1. The zero-order chi connectivity index (χ0) is 25.8. The summed E-state index contributed by atoms with van der Waals surface area (Å²) < 4.78 is 11.9. The van der Waals surface area contributed by atoms with Crippen LogP contribution in [0.15, 0.2) is 67.1 Å². The minimum atomic E-state index is -1.29. The van der Waals surface area contributed by atoms with Gasteiger partial charge in [-0.2, -0.15) is 0 Å². The maximum absolute atomic E-state index is 11.8. The molecule has 3 N–H and O–H groups in total. The fourth-order valence-electron chi connectivity index (χ4n) is 4.22. The number of likely N-dealkylation sites (N-methyl/N-ethyl adjacent to an activating group) is 1. The second-order valence-corrected chi connectivity index (χ2v) is 9.20. The van der Waals surface area contributed by atoms with E-state index >= 15 is 0 Å². The molecule has 0 bridgehead atoms. The SMILES string of the molecule is CNC(=O)C1(O)CC1CCOc1cccc2ncnc(Nc3ccc(OCc4ccccn4)c(Cl)c3)c12. The summed E-state index contributed by atoms with van der Waals surface area (Å²) in [5, 5.41) is 17.3. The Hall–Kier alpha value is -3.95. The van der Waals surface area contributed by atoms with Gasteiger partial charge in [-0.25, -0.2) is 9.97 Å². The number of benzene rings is 2. The highest BCUT2D eigenvalue weighted by molar-refractivity contribution is 6.32.